The van der Waals surface area contributed by atoms with Crippen molar-refractivity contribution in [3.05, 3.63) is 66.2 Å². The molecule has 3 aliphatic rings. The molecular weight excluding hydrogens is 430 g/mol. The van der Waals surface area contributed by atoms with E-state index in [0.717, 1.165) is 18.7 Å². The third-order valence-corrected chi connectivity index (χ3v) is 7.15. The fourth-order valence-electron chi connectivity index (χ4n) is 5.29. The minimum Gasteiger partial charge on any atom is -0.368 e. The second-order valence-corrected chi connectivity index (χ2v) is 9.23. The fourth-order valence-corrected chi connectivity index (χ4v) is 5.29. The maximum Gasteiger partial charge on any atom is 0.245 e. The third kappa shape index (κ3) is 4.25. The first-order chi connectivity index (χ1) is 16.5. The molecule has 5 rings (SSSR count). The molecule has 1 N–H and O–H groups in total. The summed E-state index contributed by atoms with van der Waals surface area (Å²) in [4.78, 5) is 47.2. The van der Waals surface area contributed by atoms with Crippen LogP contribution in [0.25, 0.3) is 0 Å². The van der Waals surface area contributed by atoms with Crippen molar-refractivity contribution in [3.63, 3.8) is 0 Å². The third-order valence-electron chi connectivity index (χ3n) is 7.15. The van der Waals surface area contributed by atoms with Crippen LogP contribution in [-0.2, 0) is 14.4 Å². The van der Waals surface area contributed by atoms with Crippen LogP contribution in [-0.4, -0.2) is 90.3 Å². The quantitative estimate of drug-likeness (QED) is 0.738. The standard InChI is InChI=1S/C26H31N5O3/c1-19-25(33)31-17-16-30(18-22(31)24(32)27-19)23(20-8-4-2-5-9-20)26(34)29-14-12-28(13-15-29)21-10-6-3-7-11-21/h2-11,19,22-23H,12-18H2,1H3,(H,27,32)/t19-,22-,23?/m1/s1. The van der Waals surface area contributed by atoms with E-state index in [0.29, 0.717) is 32.7 Å². The van der Waals surface area contributed by atoms with E-state index >= 15 is 0 Å². The Morgan fingerprint density at radius 1 is 0.882 bits per heavy atom. The number of fused-ring (bicyclic) bond motifs is 1. The zero-order valence-corrected chi connectivity index (χ0v) is 19.5. The Labute approximate surface area is 200 Å². The van der Waals surface area contributed by atoms with Gasteiger partial charge in [0.25, 0.3) is 0 Å². The van der Waals surface area contributed by atoms with E-state index < -0.39 is 18.1 Å². The zero-order valence-electron chi connectivity index (χ0n) is 19.5. The number of para-hydroxylation sites is 1. The molecule has 0 aromatic heterocycles. The van der Waals surface area contributed by atoms with Crippen LogP contribution in [0.15, 0.2) is 60.7 Å². The molecule has 0 spiro atoms. The average Bonchev–Trinajstić information content (AvgIpc) is 2.89. The number of nitrogens with one attached hydrogen (secondary N) is 1. The maximum atomic E-state index is 13.9. The van der Waals surface area contributed by atoms with E-state index in [1.807, 2.05) is 53.4 Å². The number of carbonyl (C=O) groups is 3. The average molecular weight is 462 g/mol. The molecule has 3 saturated heterocycles. The van der Waals surface area contributed by atoms with Crippen LogP contribution in [0.2, 0.25) is 0 Å². The molecule has 3 amide bonds. The highest BCUT2D eigenvalue weighted by Gasteiger charge is 2.45. The molecule has 2 aromatic carbocycles. The van der Waals surface area contributed by atoms with Crippen LogP contribution in [0, 0.1) is 0 Å². The maximum absolute atomic E-state index is 13.9. The van der Waals surface area contributed by atoms with E-state index in [-0.39, 0.29) is 17.7 Å². The Kier molecular flexibility index (Phi) is 6.24. The SMILES string of the molecule is C[C@H]1NC(=O)[C@H]2CN(C(C(=O)N3CCN(c4ccccc4)CC3)c3ccccc3)CCN2C1=O. The smallest absolute Gasteiger partial charge is 0.245 e. The fraction of sp³-hybridized carbons (Fsp3) is 0.423. The molecule has 3 aliphatic heterocycles. The highest BCUT2D eigenvalue weighted by atomic mass is 16.2. The van der Waals surface area contributed by atoms with E-state index in [1.54, 1.807) is 11.8 Å². The van der Waals surface area contributed by atoms with Gasteiger partial charge in [-0.2, -0.15) is 0 Å². The van der Waals surface area contributed by atoms with Crippen LogP contribution in [0.3, 0.4) is 0 Å². The van der Waals surface area contributed by atoms with Crippen molar-refractivity contribution in [2.45, 2.75) is 25.0 Å². The van der Waals surface area contributed by atoms with Gasteiger partial charge in [-0.3, -0.25) is 19.3 Å². The van der Waals surface area contributed by atoms with Gasteiger partial charge < -0.3 is 20.0 Å². The summed E-state index contributed by atoms with van der Waals surface area (Å²) >= 11 is 0. The lowest BCUT2D eigenvalue weighted by Gasteiger charge is -2.47. The van der Waals surface area contributed by atoms with Crippen molar-refractivity contribution >= 4 is 23.4 Å². The van der Waals surface area contributed by atoms with Crippen LogP contribution in [0.5, 0.6) is 0 Å². The molecule has 0 aliphatic carbocycles. The summed E-state index contributed by atoms with van der Waals surface area (Å²) in [5.74, 6) is -0.139. The van der Waals surface area contributed by atoms with Gasteiger partial charge in [-0.15, -0.1) is 0 Å². The van der Waals surface area contributed by atoms with E-state index in [4.69, 9.17) is 0 Å². The second-order valence-electron chi connectivity index (χ2n) is 9.23. The predicted molar refractivity (Wildman–Crippen MR) is 129 cm³/mol. The summed E-state index contributed by atoms with van der Waals surface area (Å²) in [6.07, 6.45) is 0. The van der Waals surface area contributed by atoms with E-state index in [1.165, 1.54) is 5.69 Å². The first-order valence-electron chi connectivity index (χ1n) is 12.0. The number of hydrogen-bond donors (Lipinski definition) is 1. The molecule has 3 atom stereocenters. The lowest BCUT2D eigenvalue weighted by atomic mass is 9.98. The van der Waals surface area contributed by atoms with Gasteiger partial charge in [0.1, 0.15) is 18.1 Å². The molecule has 2 aromatic rings. The second kappa shape index (κ2) is 9.46. The van der Waals surface area contributed by atoms with Gasteiger partial charge >= 0.3 is 0 Å². The molecule has 0 saturated carbocycles. The topological polar surface area (TPSA) is 76.2 Å². The number of hydrogen-bond acceptors (Lipinski definition) is 5. The Bertz CT molecular complexity index is 1040. The van der Waals surface area contributed by atoms with Gasteiger partial charge in [0.15, 0.2) is 0 Å². The van der Waals surface area contributed by atoms with Crippen molar-refractivity contribution < 1.29 is 14.4 Å². The summed E-state index contributed by atoms with van der Waals surface area (Å²) in [5, 5.41) is 2.78. The monoisotopic (exact) mass is 461 g/mol. The Morgan fingerprint density at radius 2 is 1.53 bits per heavy atom. The van der Waals surface area contributed by atoms with Gasteiger partial charge in [0, 0.05) is 51.5 Å². The molecule has 8 nitrogen and oxygen atoms in total. The lowest BCUT2D eigenvalue weighted by molar-refractivity contribution is -0.155. The van der Waals surface area contributed by atoms with E-state index in [9.17, 15) is 14.4 Å². The number of anilines is 1. The highest BCUT2D eigenvalue weighted by molar-refractivity contribution is 5.97. The van der Waals surface area contributed by atoms with Crippen molar-refractivity contribution in [1.82, 2.24) is 20.0 Å². The Morgan fingerprint density at radius 3 is 2.21 bits per heavy atom. The van der Waals surface area contributed by atoms with Crippen molar-refractivity contribution in [3.8, 4) is 0 Å². The van der Waals surface area contributed by atoms with E-state index in [2.05, 4.69) is 27.2 Å². The largest absolute Gasteiger partial charge is 0.368 e. The molecule has 0 bridgehead atoms. The molecular formula is C26H31N5O3. The number of benzene rings is 2. The number of nitrogens with zero attached hydrogens (tertiary/aromatic N) is 4. The minimum atomic E-state index is -0.564. The van der Waals surface area contributed by atoms with Crippen molar-refractivity contribution in [2.75, 3.05) is 50.7 Å². The van der Waals surface area contributed by atoms with Gasteiger partial charge in [-0.25, -0.2) is 0 Å². The first-order valence-corrected chi connectivity index (χ1v) is 12.0. The molecule has 1 unspecified atom stereocenters. The van der Waals surface area contributed by atoms with Gasteiger partial charge in [0.2, 0.25) is 17.7 Å². The predicted octanol–water partition coefficient (Wildman–Crippen LogP) is 1.11. The molecule has 0 radical (unpaired) electrons. The van der Waals surface area contributed by atoms with Crippen LogP contribution >= 0.6 is 0 Å². The van der Waals surface area contributed by atoms with Gasteiger partial charge in [-0.1, -0.05) is 48.5 Å². The summed E-state index contributed by atoms with van der Waals surface area (Å²) < 4.78 is 0. The molecule has 8 heteroatoms. The molecule has 3 fully saturated rings. The summed E-state index contributed by atoms with van der Waals surface area (Å²) in [5.41, 5.74) is 2.09. The van der Waals surface area contributed by atoms with Crippen LogP contribution < -0.4 is 10.2 Å². The molecule has 34 heavy (non-hydrogen) atoms. The lowest BCUT2D eigenvalue weighted by Crippen LogP contribution is -2.69. The molecule has 178 valence electrons. The van der Waals surface area contributed by atoms with Crippen molar-refractivity contribution in [2.24, 2.45) is 0 Å². The summed E-state index contributed by atoms with van der Waals surface area (Å²) in [7, 11) is 0. The Balaban J connectivity index is 1.34. The number of carbonyl (C=O) groups excluding carboxylic acids is 3. The Hall–Kier alpha value is -3.39. The highest BCUT2D eigenvalue weighted by Crippen LogP contribution is 2.28. The van der Waals surface area contributed by atoms with Gasteiger partial charge in [0.05, 0.1) is 0 Å². The molecule has 3 heterocycles. The van der Waals surface area contributed by atoms with Gasteiger partial charge in [-0.05, 0) is 24.6 Å². The number of piperazine rings is 3. The minimum absolute atomic E-state index is 0.0520. The normalized spacial score (nSPS) is 24.4. The van der Waals surface area contributed by atoms with Crippen molar-refractivity contribution in [1.29, 1.82) is 0 Å². The van der Waals surface area contributed by atoms with Crippen LogP contribution in [0.1, 0.15) is 18.5 Å². The van der Waals surface area contributed by atoms with Crippen LogP contribution in [0.4, 0.5) is 5.69 Å². The number of rotatable bonds is 4. The number of amides is 3. The summed E-state index contributed by atoms with van der Waals surface area (Å²) in [6, 6.07) is 18.5. The zero-order chi connectivity index (χ0) is 23.7. The summed E-state index contributed by atoms with van der Waals surface area (Å²) in [6.45, 7) is 5.92. The first kappa shape index (κ1) is 22.4.